The van der Waals surface area contributed by atoms with E-state index >= 15 is 0 Å². The lowest BCUT2D eigenvalue weighted by Gasteiger charge is -2.15. The minimum atomic E-state index is -0.397. The average Bonchev–Trinajstić information content (AvgIpc) is 2.97. The van der Waals surface area contributed by atoms with Gasteiger partial charge < -0.3 is 9.47 Å². The zero-order chi connectivity index (χ0) is 22.5. The molecule has 0 aliphatic carbocycles. The highest BCUT2D eigenvalue weighted by Gasteiger charge is 2.35. The molecule has 1 heterocycles. The van der Waals surface area contributed by atoms with E-state index < -0.39 is 5.91 Å². The van der Waals surface area contributed by atoms with Crippen LogP contribution in [0.4, 0.5) is 4.79 Å². The molecule has 1 aliphatic rings. The first-order valence-corrected chi connectivity index (χ1v) is 12.0. The van der Waals surface area contributed by atoms with E-state index in [1.165, 1.54) is 0 Å². The Bertz CT molecular complexity index is 1020. The molecule has 31 heavy (non-hydrogen) atoms. The molecule has 5 nitrogen and oxygen atoms in total. The first-order chi connectivity index (χ1) is 14.8. The van der Waals surface area contributed by atoms with Gasteiger partial charge in [-0.25, -0.2) is 0 Å². The second-order valence-electron chi connectivity index (χ2n) is 6.58. The van der Waals surface area contributed by atoms with Crippen molar-refractivity contribution in [3.63, 3.8) is 0 Å². The summed E-state index contributed by atoms with van der Waals surface area (Å²) in [4.78, 5) is 26.9. The lowest BCUT2D eigenvalue weighted by molar-refractivity contribution is -0.123. The van der Waals surface area contributed by atoms with Gasteiger partial charge in [-0.15, -0.1) is 0 Å². The predicted octanol–water partition coefficient (Wildman–Crippen LogP) is 7.18. The molecule has 9 heteroatoms. The fourth-order valence-electron chi connectivity index (χ4n) is 2.91. The number of benzene rings is 2. The van der Waals surface area contributed by atoms with Crippen LogP contribution >= 0.6 is 50.9 Å². The summed E-state index contributed by atoms with van der Waals surface area (Å²) in [6.07, 6.45) is 2.53. The van der Waals surface area contributed by atoms with Crippen molar-refractivity contribution in [3.05, 3.63) is 60.9 Å². The van der Waals surface area contributed by atoms with Gasteiger partial charge in [0.1, 0.15) is 0 Å². The number of thioether (sulfide) groups is 1. The third-order valence-corrected chi connectivity index (χ3v) is 6.54. The van der Waals surface area contributed by atoms with E-state index in [0.29, 0.717) is 55.3 Å². The molecule has 1 fully saturated rings. The van der Waals surface area contributed by atoms with E-state index in [1.807, 2.05) is 19.9 Å². The Hall–Kier alpha value is -1.67. The number of carbonyl (C=O) groups excluding carboxylic acids is 2. The molecule has 0 spiro atoms. The van der Waals surface area contributed by atoms with Gasteiger partial charge in [0.2, 0.25) is 0 Å². The van der Waals surface area contributed by atoms with Gasteiger partial charge in [0.25, 0.3) is 11.1 Å². The average molecular weight is 545 g/mol. The third kappa shape index (κ3) is 5.58. The molecule has 0 aromatic heterocycles. The first kappa shape index (κ1) is 24.0. The van der Waals surface area contributed by atoms with Crippen LogP contribution in [0.15, 0.2) is 39.7 Å². The van der Waals surface area contributed by atoms with Gasteiger partial charge in [-0.3, -0.25) is 14.5 Å². The molecule has 0 N–H and O–H groups in total. The lowest BCUT2D eigenvalue weighted by Crippen LogP contribution is -2.27. The van der Waals surface area contributed by atoms with Crippen LogP contribution < -0.4 is 9.47 Å². The van der Waals surface area contributed by atoms with Crippen LogP contribution in [-0.2, 0) is 11.3 Å². The summed E-state index contributed by atoms with van der Waals surface area (Å²) in [6, 6.07) is 8.67. The Kier molecular flexibility index (Phi) is 8.33. The standard InChI is InChI=1S/C22H20BrCl2NO4S/c1-3-8-30-20-15(23)9-13(10-18(20)29-4-2)11-19-21(27)26(22(28)31-19)12-14-16(24)6-5-7-17(14)25/h5-7,9-11H,3-4,8,12H2,1-2H3/b19-11+. The van der Waals surface area contributed by atoms with E-state index in [1.54, 1.807) is 30.3 Å². The molecule has 0 saturated carbocycles. The molecule has 3 rings (SSSR count). The summed E-state index contributed by atoms with van der Waals surface area (Å²) >= 11 is 16.8. The summed E-state index contributed by atoms with van der Waals surface area (Å²) in [7, 11) is 0. The summed E-state index contributed by atoms with van der Waals surface area (Å²) in [5.74, 6) is 0.785. The second kappa shape index (κ2) is 10.8. The van der Waals surface area contributed by atoms with Crippen molar-refractivity contribution in [2.45, 2.75) is 26.8 Å². The predicted molar refractivity (Wildman–Crippen MR) is 129 cm³/mol. The minimum Gasteiger partial charge on any atom is -0.490 e. The lowest BCUT2D eigenvalue weighted by atomic mass is 10.1. The Morgan fingerprint density at radius 3 is 2.48 bits per heavy atom. The van der Waals surface area contributed by atoms with Crippen molar-refractivity contribution < 1.29 is 19.1 Å². The van der Waals surface area contributed by atoms with Crippen LogP contribution in [0.1, 0.15) is 31.4 Å². The minimum absolute atomic E-state index is 0.0121. The van der Waals surface area contributed by atoms with Gasteiger partial charge in [0, 0.05) is 15.6 Å². The summed E-state index contributed by atoms with van der Waals surface area (Å²) < 4.78 is 12.2. The summed E-state index contributed by atoms with van der Waals surface area (Å²) in [5.41, 5.74) is 1.24. The molecule has 0 radical (unpaired) electrons. The molecule has 1 saturated heterocycles. The molecule has 0 unspecified atom stereocenters. The molecule has 2 amide bonds. The van der Waals surface area contributed by atoms with Crippen molar-refractivity contribution >= 4 is 68.1 Å². The van der Waals surface area contributed by atoms with Crippen LogP contribution in [-0.4, -0.2) is 29.3 Å². The molecule has 1 aliphatic heterocycles. The van der Waals surface area contributed by atoms with Crippen LogP contribution in [0.5, 0.6) is 11.5 Å². The molecule has 2 aromatic carbocycles. The van der Waals surface area contributed by atoms with Crippen molar-refractivity contribution in [3.8, 4) is 11.5 Å². The Morgan fingerprint density at radius 1 is 1.13 bits per heavy atom. The molecule has 0 atom stereocenters. The van der Waals surface area contributed by atoms with Crippen LogP contribution in [0.3, 0.4) is 0 Å². The van der Waals surface area contributed by atoms with E-state index in [0.717, 1.165) is 23.1 Å². The Balaban J connectivity index is 1.88. The van der Waals surface area contributed by atoms with Crippen molar-refractivity contribution in [2.24, 2.45) is 0 Å². The quantitative estimate of drug-likeness (QED) is 0.329. The van der Waals surface area contributed by atoms with Crippen molar-refractivity contribution in [1.82, 2.24) is 4.90 Å². The van der Waals surface area contributed by atoms with Gasteiger partial charge in [-0.1, -0.05) is 36.2 Å². The van der Waals surface area contributed by atoms with Crippen LogP contribution in [0.25, 0.3) is 6.08 Å². The topological polar surface area (TPSA) is 55.8 Å². The SMILES string of the molecule is CCCOc1c(Br)cc(/C=C2/SC(=O)N(Cc3c(Cl)cccc3Cl)C2=O)cc1OCC. The van der Waals surface area contributed by atoms with Crippen LogP contribution in [0, 0.1) is 0 Å². The maximum absolute atomic E-state index is 12.9. The monoisotopic (exact) mass is 543 g/mol. The smallest absolute Gasteiger partial charge is 0.293 e. The maximum atomic E-state index is 12.9. The van der Waals surface area contributed by atoms with Gasteiger partial charge in [-0.05, 0) is 76.9 Å². The van der Waals surface area contributed by atoms with Gasteiger partial charge in [0.15, 0.2) is 11.5 Å². The summed E-state index contributed by atoms with van der Waals surface area (Å²) in [5, 5.41) is 0.436. The third-order valence-electron chi connectivity index (χ3n) is 4.33. The van der Waals surface area contributed by atoms with Crippen molar-refractivity contribution in [2.75, 3.05) is 13.2 Å². The molecular weight excluding hydrogens is 525 g/mol. The highest BCUT2D eigenvalue weighted by atomic mass is 79.9. The molecule has 164 valence electrons. The number of halogens is 3. The number of amides is 2. The maximum Gasteiger partial charge on any atom is 0.293 e. The van der Waals surface area contributed by atoms with E-state index in [2.05, 4.69) is 15.9 Å². The van der Waals surface area contributed by atoms with E-state index in [9.17, 15) is 9.59 Å². The Morgan fingerprint density at radius 2 is 1.84 bits per heavy atom. The van der Waals surface area contributed by atoms with Gasteiger partial charge in [0.05, 0.1) is 29.1 Å². The molecular formula is C22H20BrCl2NO4S. The van der Waals surface area contributed by atoms with E-state index in [-0.39, 0.29) is 11.8 Å². The second-order valence-corrected chi connectivity index (χ2v) is 9.24. The van der Waals surface area contributed by atoms with Crippen LogP contribution in [0.2, 0.25) is 10.0 Å². The zero-order valence-electron chi connectivity index (χ0n) is 16.9. The molecule has 2 aromatic rings. The molecule has 0 bridgehead atoms. The first-order valence-electron chi connectivity index (χ1n) is 9.63. The summed E-state index contributed by atoms with van der Waals surface area (Å²) in [6.45, 7) is 4.94. The number of nitrogens with zero attached hydrogens (tertiary/aromatic N) is 1. The highest BCUT2D eigenvalue weighted by Crippen LogP contribution is 2.40. The Labute approximate surface area is 203 Å². The number of rotatable bonds is 8. The number of imide groups is 1. The number of ether oxygens (including phenoxy) is 2. The fourth-order valence-corrected chi connectivity index (χ4v) is 4.84. The highest BCUT2D eigenvalue weighted by molar-refractivity contribution is 9.10. The number of hydrogen-bond acceptors (Lipinski definition) is 5. The number of hydrogen-bond donors (Lipinski definition) is 0. The van der Waals surface area contributed by atoms with E-state index in [4.69, 9.17) is 32.7 Å². The van der Waals surface area contributed by atoms with Gasteiger partial charge >= 0.3 is 0 Å². The fraction of sp³-hybridized carbons (Fsp3) is 0.273. The van der Waals surface area contributed by atoms with Gasteiger partial charge in [-0.2, -0.15) is 0 Å². The van der Waals surface area contributed by atoms with Crippen molar-refractivity contribution in [1.29, 1.82) is 0 Å². The largest absolute Gasteiger partial charge is 0.490 e. The number of carbonyl (C=O) groups is 2. The zero-order valence-corrected chi connectivity index (χ0v) is 20.8. The normalized spacial score (nSPS) is 15.1.